The van der Waals surface area contributed by atoms with Gasteiger partial charge in [0, 0.05) is 0 Å². The van der Waals surface area contributed by atoms with Crippen molar-refractivity contribution < 1.29 is 17.8 Å². The lowest BCUT2D eigenvalue weighted by Gasteiger charge is -2.03. The Morgan fingerprint density at radius 3 is 2.50 bits per heavy atom. The molecule has 0 heterocycles. The molecule has 100 valence electrons. The summed E-state index contributed by atoms with van der Waals surface area (Å²) in [6, 6.07) is 12.8. The molecule has 0 aliphatic heterocycles. The fourth-order valence-corrected chi connectivity index (χ4v) is 3.17. The van der Waals surface area contributed by atoms with Crippen LogP contribution in [0.2, 0.25) is 0 Å². The van der Waals surface area contributed by atoms with E-state index < -0.39 is 15.2 Å². The molecular formula is C14H10N2O3S. The number of rotatable bonds is 1. The molecule has 1 aliphatic rings. The van der Waals surface area contributed by atoms with Crippen LogP contribution in [0.15, 0.2) is 42.5 Å². The maximum atomic E-state index is 11.3. The molecule has 20 heavy (non-hydrogen) atoms. The standard InChI is InChI=1S/C14H10N2O3S/c15-16-14(20(17,18)19)12-7-3-6-11-10-5-2-1-4-9(10)8-13(11)12/h1-7H,8H2,(H,17,18,19). The number of nitrogens with zero attached hydrogens (tertiary/aromatic N) is 2. The molecule has 0 fully saturated rings. The van der Waals surface area contributed by atoms with Crippen LogP contribution < -0.4 is 0 Å². The number of hydrogen-bond acceptors (Lipinski definition) is 2. The average Bonchev–Trinajstić information content (AvgIpc) is 2.77. The van der Waals surface area contributed by atoms with Crippen LogP contribution in [0.25, 0.3) is 16.7 Å². The third-order valence-electron chi connectivity index (χ3n) is 3.42. The first-order valence-corrected chi connectivity index (χ1v) is 7.36. The van der Waals surface area contributed by atoms with Gasteiger partial charge in [0.25, 0.3) is 0 Å². The quantitative estimate of drug-likeness (QED) is 0.244. The van der Waals surface area contributed by atoms with Gasteiger partial charge in [0.2, 0.25) is 0 Å². The normalized spacial score (nSPS) is 12.4. The summed E-state index contributed by atoms with van der Waals surface area (Å²) in [5, 5.41) is -0.720. The smallest absolute Gasteiger partial charge is 0.360 e. The van der Waals surface area contributed by atoms with Crippen molar-refractivity contribution in [1.82, 2.24) is 0 Å². The number of fused-ring (bicyclic) bond motifs is 3. The molecule has 0 atom stereocenters. The Morgan fingerprint density at radius 1 is 1.10 bits per heavy atom. The molecule has 2 aromatic carbocycles. The molecule has 0 unspecified atom stereocenters. The maximum Gasteiger partial charge on any atom is 0.438 e. The molecule has 0 saturated carbocycles. The highest BCUT2D eigenvalue weighted by Crippen LogP contribution is 2.38. The lowest BCUT2D eigenvalue weighted by Crippen LogP contribution is -2.17. The first kappa shape index (κ1) is 12.7. The van der Waals surface area contributed by atoms with Crippen molar-refractivity contribution >= 4 is 15.2 Å². The first-order valence-electron chi connectivity index (χ1n) is 5.92. The van der Waals surface area contributed by atoms with Gasteiger partial charge in [-0.25, -0.2) is 0 Å². The Hall–Kier alpha value is -2.27. The third-order valence-corrected chi connectivity index (χ3v) is 4.21. The summed E-state index contributed by atoms with van der Waals surface area (Å²) in [5.41, 5.74) is 12.9. The van der Waals surface area contributed by atoms with Crippen molar-refractivity contribution in [3.8, 4) is 11.1 Å². The lowest BCUT2D eigenvalue weighted by atomic mass is 10.0. The van der Waals surface area contributed by atoms with Crippen LogP contribution in [0.1, 0.15) is 16.7 Å². The predicted molar refractivity (Wildman–Crippen MR) is 74.0 cm³/mol. The molecule has 0 amide bonds. The van der Waals surface area contributed by atoms with Gasteiger partial charge in [-0.2, -0.15) is 13.2 Å². The molecule has 0 spiro atoms. The zero-order valence-corrected chi connectivity index (χ0v) is 11.1. The fraction of sp³-hybridized carbons (Fsp3) is 0.0714. The summed E-state index contributed by atoms with van der Waals surface area (Å²) in [4.78, 5) is 2.75. The molecule has 0 saturated heterocycles. The third kappa shape index (κ3) is 1.87. The van der Waals surface area contributed by atoms with Gasteiger partial charge >= 0.3 is 15.2 Å². The molecule has 6 heteroatoms. The van der Waals surface area contributed by atoms with Gasteiger partial charge in [0.1, 0.15) is 0 Å². The highest BCUT2D eigenvalue weighted by atomic mass is 32.2. The van der Waals surface area contributed by atoms with E-state index in [1.807, 2.05) is 30.3 Å². The van der Waals surface area contributed by atoms with Gasteiger partial charge in [0.05, 0.1) is 5.56 Å². The Labute approximate surface area is 115 Å². The topological polar surface area (TPSA) is 90.8 Å². The predicted octanol–water partition coefficient (Wildman–Crippen LogP) is 2.12. The molecule has 1 aliphatic carbocycles. The van der Waals surface area contributed by atoms with Crippen LogP contribution in [0.3, 0.4) is 0 Å². The minimum absolute atomic E-state index is 0.226. The SMILES string of the molecule is [N-]=[N+]=C(c1cccc2c1Cc1ccccc1-2)S(=O)(=O)O. The Morgan fingerprint density at radius 2 is 1.80 bits per heavy atom. The van der Waals surface area contributed by atoms with Crippen molar-refractivity contribution in [2.75, 3.05) is 0 Å². The van der Waals surface area contributed by atoms with Crippen molar-refractivity contribution in [2.45, 2.75) is 6.42 Å². The van der Waals surface area contributed by atoms with Crippen molar-refractivity contribution in [1.29, 1.82) is 0 Å². The molecule has 5 nitrogen and oxygen atoms in total. The summed E-state index contributed by atoms with van der Waals surface area (Å²) in [6.07, 6.45) is 0.538. The number of benzene rings is 2. The molecule has 0 radical (unpaired) electrons. The summed E-state index contributed by atoms with van der Waals surface area (Å²) >= 11 is 0. The van der Waals surface area contributed by atoms with Crippen LogP contribution in [0.5, 0.6) is 0 Å². The van der Waals surface area contributed by atoms with Crippen LogP contribution in [0.4, 0.5) is 0 Å². The van der Waals surface area contributed by atoms with Gasteiger partial charge < -0.3 is 5.53 Å². The van der Waals surface area contributed by atoms with Crippen LogP contribution >= 0.6 is 0 Å². The molecule has 0 aromatic heterocycles. The van der Waals surface area contributed by atoms with Crippen LogP contribution in [0, 0.1) is 0 Å². The van der Waals surface area contributed by atoms with Gasteiger partial charge in [-0.05, 0) is 34.7 Å². The second-order valence-corrected chi connectivity index (χ2v) is 5.88. The van der Waals surface area contributed by atoms with Crippen molar-refractivity contribution in [3.63, 3.8) is 0 Å². The van der Waals surface area contributed by atoms with Gasteiger partial charge in [-0.1, -0.05) is 36.4 Å². The van der Waals surface area contributed by atoms with Gasteiger partial charge in [0.15, 0.2) is 0 Å². The minimum Gasteiger partial charge on any atom is -0.360 e. The molecule has 3 rings (SSSR count). The molecule has 2 aromatic rings. The van der Waals surface area contributed by atoms with Crippen molar-refractivity contribution in [3.05, 3.63) is 64.7 Å². The monoisotopic (exact) mass is 286 g/mol. The Balaban J connectivity index is 2.27. The molecule has 1 N–H and O–H groups in total. The van der Waals surface area contributed by atoms with E-state index in [9.17, 15) is 8.42 Å². The van der Waals surface area contributed by atoms with E-state index in [-0.39, 0.29) is 5.56 Å². The maximum absolute atomic E-state index is 11.3. The second-order valence-electron chi connectivity index (χ2n) is 4.55. The summed E-state index contributed by atoms with van der Waals surface area (Å²) in [6.45, 7) is 0. The molecule has 0 bridgehead atoms. The van der Waals surface area contributed by atoms with E-state index in [0.717, 1.165) is 22.3 Å². The summed E-state index contributed by atoms with van der Waals surface area (Å²) < 4.78 is 31.8. The summed E-state index contributed by atoms with van der Waals surface area (Å²) in [7, 11) is -4.58. The minimum atomic E-state index is -4.58. The van der Waals surface area contributed by atoms with Gasteiger partial charge in [-0.15, -0.1) is 0 Å². The van der Waals surface area contributed by atoms with Crippen molar-refractivity contribution in [2.24, 2.45) is 0 Å². The van der Waals surface area contributed by atoms with Crippen LogP contribution in [-0.4, -0.2) is 22.8 Å². The highest BCUT2D eigenvalue weighted by molar-refractivity contribution is 8.01. The Kier molecular flexibility index (Phi) is 2.79. The van der Waals surface area contributed by atoms with E-state index in [0.29, 0.717) is 6.42 Å². The van der Waals surface area contributed by atoms with E-state index in [2.05, 4.69) is 4.79 Å². The van der Waals surface area contributed by atoms with Gasteiger partial charge in [-0.3, -0.25) is 4.55 Å². The summed E-state index contributed by atoms with van der Waals surface area (Å²) in [5.74, 6) is 0. The lowest BCUT2D eigenvalue weighted by molar-refractivity contribution is -0.000126. The average molecular weight is 286 g/mol. The van der Waals surface area contributed by atoms with Crippen LogP contribution in [-0.2, 0) is 16.5 Å². The zero-order chi connectivity index (χ0) is 14.3. The largest absolute Gasteiger partial charge is 0.438 e. The first-order chi connectivity index (χ1) is 9.52. The van der Waals surface area contributed by atoms with E-state index >= 15 is 0 Å². The Bertz CT molecular complexity index is 866. The van der Waals surface area contributed by atoms with E-state index in [1.165, 1.54) is 6.07 Å². The number of hydrogen-bond donors (Lipinski definition) is 1. The fourth-order valence-electron chi connectivity index (χ4n) is 2.60. The van der Waals surface area contributed by atoms with E-state index in [1.54, 1.807) is 6.07 Å². The second kappa shape index (κ2) is 4.38. The zero-order valence-electron chi connectivity index (χ0n) is 10.3. The van der Waals surface area contributed by atoms with E-state index in [4.69, 9.17) is 10.1 Å². The molecular weight excluding hydrogens is 276 g/mol. The highest BCUT2D eigenvalue weighted by Gasteiger charge is 2.33.